The topological polar surface area (TPSA) is 61.9 Å². The molecule has 0 aromatic carbocycles. The third-order valence-electron chi connectivity index (χ3n) is 5.04. The molecule has 1 heterocycles. The zero-order valence-corrected chi connectivity index (χ0v) is 15.3. The Kier molecular flexibility index (Phi) is 7.99. The first kappa shape index (κ1) is 19.2. The molecule has 0 spiro atoms. The summed E-state index contributed by atoms with van der Waals surface area (Å²) in [5.41, 5.74) is 0. The number of nitrogens with one attached hydrogen (secondary N) is 1. The molecule has 138 valence electrons. The lowest BCUT2D eigenvalue weighted by Crippen LogP contribution is -2.40. The van der Waals surface area contributed by atoms with Crippen LogP contribution >= 0.6 is 0 Å². The van der Waals surface area contributed by atoms with E-state index in [1.807, 2.05) is 0 Å². The van der Waals surface area contributed by atoms with Gasteiger partial charge >= 0.3 is 0 Å². The molecule has 0 unspecified atom stereocenters. The normalized spacial score (nSPS) is 22.7. The fraction of sp³-hybridized carbons (Fsp3) is 0.889. The third kappa shape index (κ3) is 6.40. The number of amides is 2. The van der Waals surface area contributed by atoms with Crippen LogP contribution in [0.1, 0.15) is 51.4 Å². The summed E-state index contributed by atoms with van der Waals surface area (Å²) in [7, 11) is 3.45. The van der Waals surface area contributed by atoms with Crippen LogP contribution in [0.5, 0.6) is 0 Å². The van der Waals surface area contributed by atoms with E-state index in [9.17, 15) is 9.59 Å². The van der Waals surface area contributed by atoms with E-state index >= 15 is 0 Å². The molecule has 1 aliphatic carbocycles. The smallest absolute Gasteiger partial charge is 0.241 e. The van der Waals surface area contributed by atoms with Gasteiger partial charge in [-0.2, -0.15) is 0 Å². The third-order valence-corrected chi connectivity index (χ3v) is 5.04. The van der Waals surface area contributed by atoms with Crippen LogP contribution in [0.2, 0.25) is 0 Å². The molecular weight excluding hydrogens is 306 g/mol. The molecule has 0 aromatic heterocycles. The van der Waals surface area contributed by atoms with Crippen LogP contribution in [0.15, 0.2) is 0 Å². The summed E-state index contributed by atoms with van der Waals surface area (Å²) in [6.07, 6.45) is 8.87. The van der Waals surface area contributed by atoms with Crippen molar-refractivity contribution in [1.29, 1.82) is 0 Å². The Bertz CT molecular complexity index is 408. The van der Waals surface area contributed by atoms with Gasteiger partial charge in [0.25, 0.3) is 0 Å². The van der Waals surface area contributed by atoms with Gasteiger partial charge in [0.2, 0.25) is 11.8 Å². The number of carbonyl (C=O) groups excluding carboxylic acids is 2. The van der Waals surface area contributed by atoms with Gasteiger partial charge in [-0.05, 0) is 38.6 Å². The molecule has 0 radical (unpaired) electrons. The summed E-state index contributed by atoms with van der Waals surface area (Å²) >= 11 is 0. The van der Waals surface area contributed by atoms with Gasteiger partial charge in [0.05, 0.1) is 12.6 Å². The fourth-order valence-corrected chi connectivity index (χ4v) is 3.40. The lowest BCUT2D eigenvalue weighted by Gasteiger charge is -2.22. The molecule has 1 atom stereocenters. The van der Waals surface area contributed by atoms with Crippen LogP contribution < -0.4 is 5.32 Å². The van der Waals surface area contributed by atoms with Crippen LogP contribution in [0.3, 0.4) is 0 Å². The van der Waals surface area contributed by atoms with Crippen molar-refractivity contribution in [3.8, 4) is 0 Å². The standard InChI is InChI=1S/C18H33N3O3/c1-20(2)18(23)14-21-12-10-15(8-9-17(21)22)19-11-5-13-24-16-6-3-4-7-16/h15-16,19H,3-14H2,1-2H3/t15-/m1/s1. The van der Waals surface area contributed by atoms with Gasteiger partial charge in [0.15, 0.2) is 0 Å². The first-order valence-corrected chi connectivity index (χ1v) is 9.39. The first-order chi connectivity index (χ1) is 11.6. The fourth-order valence-electron chi connectivity index (χ4n) is 3.40. The van der Waals surface area contributed by atoms with Gasteiger partial charge in [-0.25, -0.2) is 0 Å². The maximum absolute atomic E-state index is 12.1. The van der Waals surface area contributed by atoms with E-state index in [4.69, 9.17) is 4.74 Å². The highest BCUT2D eigenvalue weighted by Gasteiger charge is 2.24. The molecule has 1 saturated carbocycles. The molecule has 6 nitrogen and oxygen atoms in total. The van der Waals surface area contributed by atoms with Crippen LogP contribution in [0.4, 0.5) is 0 Å². The van der Waals surface area contributed by atoms with Crippen LogP contribution in [0, 0.1) is 0 Å². The molecule has 2 aliphatic rings. The summed E-state index contributed by atoms with van der Waals surface area (Å²) < 4.78 is 5.87. The van der Waals surface area contributed by atoms with Crippen molar-refractivity contribution in [2.75, 3.05) is 40.3 Å². The Morgan fingerprint density at radius 3 is 2.71 bits per heavy atom. The van der Waals surface area contributed by atoms with E-state index in [1.165, 1.54) is 30.6 Å². The van der Waals surface area contributed by atoms with Crippen molar-refractivity contribution in [1.82, 2.24) is 15.1 Å². The van der Waals surface area contributed by atoms with Gasteiger partial charge in [-0.3, -0.25) is 9.59 Å². The maximum atomic E-state index is 12.1. The number of ether oxygens (including phenoxy) is 1. The Morgan fingerprint density at radius 2 is 2.00 bits per heavy atom. The lowest BCUT2D eigenvalue weighted by molar-refractivity contribution is -0.138. The SMILES string of the molecule is CN(C)C(=O)CN1CC[C@H](NCCCOC2CCCC2)CCC1=O. The first-order valence-electron chi connectivity index (χ1n) is 9.39. The van der Waals surface area contributed by atoms with Crippen molar-refractivity contribution in [3.63, 3.8) is 0 Å². The quantitative estimate of drug-likeness (QED) is 0.679. The number of likely N-dealkylation sites (N-methyl/N-ethyl adjacent to an activating group) is 1. The predicted octanol–water partition coefficient (Wildman–Crippen LogP) is 1.39. The van der Waals surface area contributed by atoms with Crippen molar-refractivity contribution in [3.05, 3.63) is 0 Å². The highest BCUT2D eigenvalue weighted by molar-refractivity contribution is 5.84. The van der Waals surface area contributed by atoms with E-state index in [-0.39, 0.29) is 18.4 Å². The lowest BCUT2D eigenvalue weighted by atomic mass is 10.1. The second kappa shape index (κ2) is 9.99. The number of hydrogen-bond donors (Lipinski definition) is 1. The second-order valence-electron chi connectivity index (χ2n) is 7.21. The van der Waals surface area contributed by atoms with Crippen LogP contribution in [-0.2, 0) is 14.3 Å². The number of nitrogens with zero attached hydrogens (tertiary/aromatic N) is 2. The molecular formula is C18H33N3O3. The monoisotopic (exact) mass is 339 g/mol. The minimum atomic E-state index is -0.0150. The Morgan fingerprint density at radius 1 is 1.25 bits per heavy atom. The molecule has 1 saturated heterocycles. The summed E-state index contributed by atoms with van der Waals surface area (Å²) in [6.45, 7) is 2.62. The second-order valence-corrected chi connectivity index (χ2v) is 7.21. The van der Waals surface area contributed by atoms with E-state index in [0.29, 0.717) is 25.1 Å². The number of carbonyl (C=O) groups is 2. The Balaban J connectivity index is 1.61. The minimum Gasteiger partial charge on any atom is -0.378 e. The maximum Gasteiger partial charge on any atom is 0.241 e. The van der Waals surface area contributed by atoms with Crippen molar-refractivity contribution >= 4 is 11.8 Å². The van der Waals surface area contributed by atoms with E-state index in [1.54, 1.807) is 19.0 Å². The molecule has 1 aliphatic heterocycles. The molecule has 6 heteroatoms. The zero-order chi connectivity index (χ0) is 17.4. The summed E-state index contributed by atoms with van der Waals surface area (Å²) in [5.74, 6) is 0.0814. The number of hydrogen-bond acceptors (Lipinski definition) is 4. The molecule has 2 fully saturated rings. The molecule has 24 heavy (non-hydrogen) atoms. The summed E-state index contributed by atoms with van der Waals surface area (Å²) in [6, 6.07) is 0.361. The Labute approximate surface area is 145 Å². The highest BCUT2D eigenvalue weighted by atomic mass is 16.5. The van der Waals surface area contributed by atoms with Gasteiger partial charge in [0, 0.05) is 39.7 Å². The van der Waals surface area contributed by atoms with Gasteiger partial charge in [-0.1, -0.05) is 12.8 Å². The predicted molar refractivity (Wildman–Crippen MR) is 93.7 cm³/mol. The molecule has 0 aromatic rings. The van der Waals surface area contributed by atoms with E-state index < -0.39 is 0 Å². The van der Waals surface area contributed by atoms with Crippen molar-refractivity contribution in [2.45, 2.75) is 63.5 Å². The van der Waals surface area contributed by atoms with Gasteiger partial charge in [0.1, 0.15) is 0 Å². The number of rotatable bonds is 8. The molecule has 0 bridgehead atoms. The minimum absolute atomic E-state index is 0.0150. The number of likely N-dealkylation sites (tertiary alicyclic amines) is 1. The van der Waals surface area contributed by atoms with E-state index in [0.717, 1.165) is 32.4 Å². The van der Waals surface area contributed by atoms with Gasteiger partial charge < -0.3 is 19.9 Å². The summed E-state index contributed by atoms with van der Waals surface area (Å²) in [4.78, 5) is 27.2. The van der Waals surface area contributed by atoms with Crippen molar-refractivity contribution in [2.24, 2.45) is 0 Å². The van der Waals surface area contributed by atoms with Crippen LogP contribution in [0.25, 0.3) is 0 Å². The molecule has 1 N–H and O–H groups in total. The average Bonchev–Trinajstić information content (AvgIpc) is 3.01. The molecule has 2 rings (SSSR count). The largest absolute Gasteiger partial charge is 0.378 e. The zero-order valence-electron chi connectivity index (χ0n) is 15.3. The Hall–Kier alpha value is -1.14. The highest BCUT2D eigenvalue weighted by Crippen LogP contribution is 2.20. The van der Waals surface area contributed by atoms with Crippen LogP contribution in [-0.4, -0.2) is 74.1 Å². The average molecular weight is 339 g/mol. The molecule has 2 amide bonds. The summed E-state index contributed by atoms with van der Waals surface area (Å²) in [5, 5.41) is 3.55. The van der Waals surface area contributed by atoms with E-state index in [2.05, 4.69) is 5.32 Å². The van der Waals surface area contributed by atoms with Gasteiger partial charge in [-0.15, -0.1) is 0 Å². The van der Waals surface area contributed by atoms with Crippen molar-refractivity contribution < 1.29 is 14.3 Å².